The number of carbonyl (C=O) groups is 1. The zero-order valence-electron chi connectivity index (χ0n) is 10.9. The molecular formula is C14H18O5. The van der Waals surface area contributed by atoms with Gasteiger partial charge in [-0.05, 0) is 17.7 Å². The number of hydrogen-bond acceptors (Lipinski definition) is 5. The summed E-state index contributed by atoms with van der Waals surface area (Å²) in [5.41, 5.74) is 0.619. The van der Waals surface area contributed by atoms with Crippen molar-refractivity contribution in [1.29, 1.82) is 0 Å². The van der Waals surface area contributed by atoms with Crippen LogP contribution in [0.3, 0.4) is 0 Å². The minimum atomic E-state index is -0.264. The van der Waals surface area contributed by atoms with Gasteiger partial charge in [0.1, 0.15) is 12.4 Å². The van der Waals surface area contributed by atoms with E-state index in [1.807, 2.05) is 24.3 Å². The van der Waals surface area contributed by atoms with E-state index in [0.717, 1.165) is 5.56 Å². The minimum absolute atomic E-state index is 0.0629. The SMILES string of the molecule is COC(=O)Cc1ccc(OCC2(CO)COC2)cc1. The van der Waals surface area contributed by atoms with Crippen LogP contribution in [0.4, 0.5) is 0 Å². The van der Waals surface area contributed by atoms with E-state index >= 15 is 0 Å². The van der Waals surface area contributed by atoms with Crippen molar-refractivity contribution in [2.75, 3.05) is 33.5 Å². The molecule has 1 fully saturated rings. The molecule has 1 N–H and O–H groups in total. The van der Waals surface area contributed by atoms with Crippen LogP contribution in [0.1, 0.15) is 5.56 Å². The number of esters is 1. The maximum absolute atomic E-state index is 11.1. The van der Waals surface area contributed by atoms with Crippen LogP contribution in [0.5, 0.6) is 5.75 Å². The van der Waals surface area contributed by atoms with Crippen molar-refractivity contribution in [2.24, 2.45) is 5.41 Å². The Morgan fingerprint density at radius 1 is 1.37 bits per heavy atom. The number of carbonyl (C=O) groups excluding carboxylic acids is 1. The van der Waals surface area contributed by atoms with Crippen LogP contribution in [0.25, 0.3) is 0 Å². The first-order chi connectivity index (χ1) is 9.17. The smallest absolute Gasteiger partial charge is 0.309 e. The molecule has 1 aliphatic heterocycles. The molecule has 1 aromatic carbocycles. The third kappa shape index (κ3) is 3.45. The molecule has 0 bridgehead atoms. The summed E-state index contributed by atoms with van der Waals surface area (Å²) in [6.07, 6.45) is 0.255. The van der Waals surface area contributed by atoms with E-state index in [4.69, 9.17) is 9.47 Å². The van der Waals surface area contributed by atoms with E-state index in [2.05, 4.69) is 4.74 Å². The molecule has 0 radical (unpaired) electrons. The number of hydrogen-bond donors (Lipinski definition) is 1. The molecule has 0 aromatic heterocycles. The van der Waals surface area contributed by atoms with Gasteiger partial charge in [0.25, 0.3) is 0 Å². The molecular weight excluding hydrogens is 248 g/mol. The summed E-state index contributed by atoms with van der Waals surface area (Å²) in [6, 6.07) is 7.27. The van der Waals surface area contributed by atoms with E-state index in [0.29, 0.717) is 25.6 Å². The van der Waals surface area contributed by atoms with Gasteiger partial charge in [-0.25, -0.2) is 0 Å². The third-order valence-electron chi connectivity index (χ3n) is 3.20. The standard InChI is InChI=1S/C14H18O5/c1-17-13(16)6-11-2-4-12(5-3-11)19-10-14(7-15)8-18-9-14/h2-5,15H,6-10H2,1H3. The fraction of sp³-hybridized carbons (Fsp3) is 0.500. The van der Waals surface area contributed by atoms with Crippen LogP contribution in [-0.4, -0.2) is 44.6 Å². The van der Waals surface area contributed by atoms with E-state index in [1.54, 1.807) is 0 Å². The molecule has 0 unspecified atom stereocenters. The normalized spacial score (nSPS) is 16.5. The Kier molecular flexibility index (Phi) is 4.39. The van der Waals surface area contributed by atoms with E-state index in [1.165, 1.54) is 7.11 Å². The van der Waals surface area contributed by atoms with Gasteiger partial charge >= 0.3 is 5.97 Å². The summed E-state index contributed by atoms with van der Waals surface area (Å²) in [7, 11) is 1.37. The van der Waals surface area contributed by atoms with Crippen LogP contribution < -0.4 is 4.74 Å². The van der Waals surface area contributed by atoms with Gasteiger partial charge < -0.3 is 19.3 Å². The average Bonchev–Trinajstić information content (AvgIpc) is 2.39. The van der Waals surface area contributed by atoms with Gasteiger partial charge in [-0.1, -0.05) is 12.1 Å². The molecule has 19 heavy (non-hydrogen) atoms. The lowest BCUT2D eigenvalue weighted by molar-refractivity contribution is -0.153. The predicted molar refractivity (Wildman–Crippen MR) is 68.0 cm³/mol. The molecule has 2 rings (SSSR count). The second kappa shape index (κ2) is 6.04. The highest BCUT2D eigenvalue weighted by Crippen LogP contribution is 2.28. The minimum Gasteiger partial charge on any atom is -0.493 e. The molecule has 1 saturated heterocycles. The van der Waals surface area contributed by atoms with Gasteiger partial charge in [-0.3, -0.25) is 4.79 Å². The van der Waals surface area contributed by atoms with Gasteiger partial charge in [0, 0.05) is 0 Å². The van der Waals surface area contributed by atoms with Crippen LogP contribution in [-0.2, 0) is 20.7 Å². The molecule has 0 saturated carbocycles. The van der Waals surface area contributed by atoms with Gasteiger partial charge in [0.15, 0.2) is 0 Å². The average molecular weight is 266 g/mol. The number of rotatable bonds is 6. The lowest BCUT2D eigenvalue weighted by Gasteiger charge is -2.39. The number of ether oxygens (including phenoxy) is 3. The summed E-state index contributed by atoms with van der Waals surface area (Å²) in [5.74, 6) is 0.452. The Morgan fingerprint density at radius 2 is 2.05 bits per heavy atom. The summed E-state index contributed by atoms with van der Waals surface area (Å²) in [6.45, 7) is 1.56. The third-order valence-corrected chi connectivity index (χ3v) is 3.20. The van der Waals surface area contributed by atoms with Crippen LogP contribution in [0.15, 0.2) is 24.3 Å². The van der Waals surface area contributed by atoms with E-state index in [9.17, 15) is 9.90 Å². The Morgan fingerprint density at radius 3 is 2.53 bits per heavy atom. The molecule has 0 atom stereocenters. The highest BCUT2D eigenvalue weighted by molar-refractivity contribution is 5.72. The maximum Gasteiger partial charge on any atom is 0.309 e. The predicted octanol–water partition coefficient (Wildman–Crippen LogP) is 0.790. The molecule has 5 heteroatoms. The van der Waals surface area contributed by atoms with Crippen molar-refractivity contribution in [3.8, 4) is 5.75 Å². The first-order valence-corrected chi connectivity index (χ1v) is 6.15. The lowest BCUT2D eigenvalue weighted by atomic mass is 9.88. The van der Waals surface area contributed by atoms with Crippen molar-refractivity contribution >= 4 is 5.97 Å². The largest absolute Gasteiger partial charge is 0.493 e. The van der Waals surface area contributed by atoms with Crippen LogP contribution >= 0.6 is 0 Å². The fourth-order valence-electron chi connectivity index (χ4n) is 1.79. The van der Waals surface area contributed by atoms with Crippen molar-refractivity contribution in [3.05, 3.63) is 29.8 Å². The van der Waals surface area contributed by atoms with Gasteiger partial charge in [0.2, 0.25) is 0 Å². The molecule has 5 nitrogen and oxygen atoms in total. The Hall–Kier alpha value is -1.59. The highest BCUT2D eigenvalue weighted by atomic mass is 16.5. The molecule has 1 aromatic rings. The lowest BCUT2D eigenvalue weighted by Crippen LogP contribution is -2.49. The molecule has 0 spiro atoms. The number of methoxy groups -OCH3 is 1. The first-order valence-electron chi connectivity index (χ1n) is 6.15. The zero-order valence-corrected chi connectivity index (χ0v) is 10.9. The molecule has 0 amide bonds. The van der Waals surface area contributed by atoms with Crippen molar-refractivity contribution in [2.45, 2.75) is 6.42 Å². The summed E-state index contributed by atoms with van der Waals surface area (Å²) >= 11 is 0. The van der Waals surface area contributed by atoms with Gasteiger partial charge in [0.05, 0.1) is 38.8 Å². The van der Waals surface area contributed by atoms with Crippen LogP contribution in [0, 0.1) is 5.41 Å². The van der Waals surface area contributed by atoms with Crippen LogP contribution in [0.2, 0.25) is 0 Å². The second-order valence-electron chi connectivity index (χ2n) is 4.84. The Balaban J connectivity index is 1.86. The van der Waals surface area contributed by atoms with E-state index < -0.39 is 0 Å². The molecule has 1 aliphatic rings. The van der Waals surface area contributed by atoms with Crippen molar-refractivity contribution < 1.29 is 24.1 Å². The Bertz CT molecular complexity index is 416. The topological polar surface area (TPSA) is 65.0 Å². The highest BCUT2D eigenvalue weighted by Gasteiger charge is 2.39. The summed E-state index contributed by atoms with van der Waals surface area (Å²) in [5, 5.41) is 9.27. The maximum atomic E-state index is 11.1. The monoisotopic (exact) mass is 266 g/mol. The fourth-order valence-corrected chi connectivity index (χ4v) is 1.79. The van der Waals surface area contributed by atoms with Crippen molar-refractivity contribution in [1.82, 2.24) is 0 Å². The van der Waals surface area contributed by atoms with Crippen molar-refractivity contribution in [3.63, 3.8) is 0 Å². The molecule has 104 valence electrons. The van der Waals surface area contributed by atoms with Gasteiger partial charge in [-0.15, -0.1) is 0 Å². The zero-order chi connectivity index (χ0) is 13.7. The molecule has 1 heterocycles. The molecule has 0 aliphatic carbocycles. The quantitative estimate of drug-likeness (QED) is 0.771. The first kappa shape index (κ1) is 13.8. The van der Waals surface area contributed by atoms with E-state index in [-0.39, 0.29) is 24.4 Å². The summed E-state index contributed by atoms with van der Waals surface area (Å²) < 4.78 is 15.3. The number of benzene rings is 1. The van der Waals surface area contributed by atoms with Gasteiger partial charge in [-0.2, -0.15) is 0 Å². The summed E-state index contributed by atoms with van der Waals surface area (Å²) in [4.78, 5) is 11.1. The number of aliphatic hydroxyl groups is 1. The number of aliphatic hydroxyl groups excluding tert-OH is 1. The second-order valence-corrected chi connectivity index (χ2v) is 4.84. The Labute approximate surface area is 112 Å².